The summed E-state index contributed by atoms with van der Waals surface area (Å²) in [6.07, 6.45) is 0.948. The van der Waals surface area contributed by atoms with Crippen LogP contribution >= 0.6 is 0 Å². The Labute approximate surface area is 159 Å². The first-order valence-electron chi connectivity index (χ1n) is 9.25. The van der Waals surface area contributed by atoms with Gasteiger partial charge in [-0.05, 0) is 48.6 Å². The molecule has 1 aliphatic heterocycles. The molecule has 0 aliphatic carbocycles. The van der Waals surface area contributed by atoms with E-state index in [4.69, 9.17) is 4.52 Å². The van der Waals surface area contributed by atoms with Gasteiger partial charge in [-0.1, -0.05) is 47.6 Å². The Balaban J connectivity index is 1.49. The molecule has 2 aromatic carbocycles. The third-order valence-corrected chi connectivity index (χ3v) is 5.16. The molecule has 5 nitrogen and oxygen atoms in total. The molecule has 27 heavy (non-hydrogen) atoms. The minimum atomic E-state index is -0.246. The van der Waals surface area contributed by atoms with Crippen molar-refractivity contribution in [2.45, 2.75) is 32.9 Å². The van der Waals surface area contributed by atoms with Crippen LogP contribution in [0.2, 0.25) is 0 Å². The van der Waals surface area contributed by atoms with Crippen molar-refractivity contribution in [2.75, 3.05) is 11.9 Å². The van der Waals surface area contributed by atoms with Gasteiger partial charge < -0.3 is 4.52 Å². The third-order valence-electron chi connectivity index (χ3n) is 5.16. The fraction of sp³-hybridized carbons (Fsp3) is 0.273. The van der Waals surface area contributed by atoms with E-state index < -0.39 is 0 Å². The third kappa shape index (κ3) is 3.78. The first-order valence-corrected chi connectivity index (χ1v) is 9.25. The van der Waals surface area contributed by atoms with Crippen LogP contribution in [0.15, 0.2) is 59.1 Å². The Morgan fingerprint density at radius 1 is 1.11 bits per heavy atom. The van der Waals surface area contributed by atoms with Crippen LogP contribution in [-0.4, -0.2) is 28.6 Å². The maximum atomic E-state index is 12.6. The molecular weight excluding hydrogens is 338 g/mol. The highest BCUT2D eigenvalue weighted by atomic mass is 16.5. The Morgan fingerprint density at radius 3 is 2.67 bits per heavy atom. The number of aromatic nitrogens is 1. The first kappa shape index (κ1) is 17.5. The van der Waals surface area contributed by atoms with Gasteiger partial charge in [-0.3, -0.25) is 15.0 Å². The summed E-state index contributed by atoms with van der Waals surface area (Å²) in [5, 5.41) is 6.62. The summed E-state index contributed by atoms with van der Waals surface area (Å²) in [5.41, 5.74) is 5.83. The number of benzene rings is 2. The van der Waals surface area contributed by atoms with E-state index in [0.717, 1.165) is 25.2 Å². The summed E-state index contributed by atoms with van der Waals surface area (Å²) in [6.45, 7) is 5.39. The lowest BCUT2D eigenvalue weighted by molar-refractivity contribution is -0.121. The van der Waals surface area contributed by atoms with Crippen molar-refractivity contribution in [1.82, 2.24) is 10.1 Å². The Kier molecular flexibility index (Phi) is 4.77. The number of carbonyl (C=O) groups is 1. The Morgan fingerprint density at radius 2 is 1.93 bits per heavy atom. The molecule has 1 aromatic heterocycles. The molecule has 1 amide bonds. The highest BCUT2D eigenvalue weighted by molar-refractivity contribution is 5.93. The van der Waals surface area contributed by atoms with Crippen LogP contribution in [-0.2, 0) is 17.8 Å². The number of aryl methyl sites for hydroxylation is 1. The van der Waals surface area contributed by atoms with Crippen molar-refractivity contribution in [3.8, 4) is 11.1 Å². The van der Waals surface area contributed by atoms with Crippen LogP contribution in [0.25, 0.3) is 11.1 Å². The summed E-state index contributed by atoms with van der Waals surface area (Å²) in [6, 6.07) is 18.5. The summed E-state index contributed by atoms with van der Waals surface area (Å²) in [4.78, 5) is 14.8. The molecule has 1 N–H and O–H groups in total. The molecule has 138 valence electrons. The zero-order chi connectivity index (χ0) is 18.8. The lowest BCUT2D eigenvalue weighted by atomic mass is 9.94. The molecule has 1 aliphatic rings. The van der Waals surface area contributed by atoms with Gasteiger partial charge in [0.15, 0.2) is 0 Å². The number of nitrogens with zero attached hydrogens (tertiary/aromatic N) is 2. The van der Waals surface area contributed by atoms with Gasteiger partial charge in [-0.15, -0.1) is 0 Å². The number of fused-ring (bicyclic) bond motifs is 1. The van der Waals surface area contributed by atoms with Gasteiger partial charge in [0, 0.05) is 19.2 Å². The van der Waals surface area contributed by atoms with Crippen LogP contribution < -0.4 is 5.32 Å². The zero-order valence-electron chi connectivity index (χ0n) is 15.6. The van der Waals surface area contributed by atoms with Gasteiger partial charge in [-0.25, -0.2) is 0 Å². The van der Waals surface area contributed by atoms with E-state index in [9.17, 15) is 4.79 Å². The molecule has 1 unspecified atom stereocenters. The average molecular weight is 361 g/mol. The van der Waals surface area contributed by atoms with E-state index in [2.05, 4.69) is 57.8 Å². The maximum absolute atomic E-state index is 12.6. The molecule has 3 aromatic rings. The molecular formula is C22H23N3O2. The van der Waals surface area contributed by atoms with Crippen LogP contribution in [0.5, 0.6) is 0 Å². The van der Waals surface area contributed by atoms with E-state index >= 15 is 0 Å². The smallest absolute Gasteiger partial charge is 0.243 e. The van der Waals surface area contributed by atoms with Gasteiger partial charge in [0.25, 0.3) is 0 Å². The number of carbonyl (C=O) groups excluding carboxylic acids is 1. The lowest BCUT2D eigenvalue weighted by Gasteiger charge is -2.33. The van der Waals surface area contributed by atoms with E-state index in [1.54, 1.807) is 6.07 Å². The average Bonchev–Trinajstić information content (AvgIpc) is 3.11. The van der Waals surface area contributed by atoms with Crippen molar-refractivity contribution in [2.24, 2.45) is 0 Å². The minimum absolute atomic E-state index is 0.0752. The highest BCUT2D eigenvalue weighted by Crippen LogP contribution is 2.27. The van der Waals surface area contributed by atoms with Gasteiger partial charge in [0.2, 0.25) is 11.8 Å². The van der Waals surface area contributed by atoms with E-state index in [1.165, 1.54) is 22.3 Å². The van der Waals surface area contributed by atoms with Gasteiger partial charge in [0.1, 0.15) is 0 Å². The topological polar surface area (TPSA) is 58.4 Å². The van der Waals surface area contributed by atoms with Crippen molar-refractivity contribution in [3.63, 3.8) is 0 Å². The molecule has 0 fully saturated rings. The summed E-state index contributed by atoms with van der Waals surface area (Å²) < 4.78 is 5.09. The largest absolute Gasteiger partial charge is 0.338 e. The lowest BCUT2D eigenvalue weighted by Crippen LogP contribution is -2.44. The zero-order valence-corrected chi connectivity index (χ0v) is 15.6. The fourth-order valence-corrected chi connectivity index (χ4v) is 3.53. The van der Waals surface area contributed by atoms with Gasteiger partial charge >= 0.3 is 0 Å². The number of anilines is 1. The Bertz CT molecular complexity index is 949. The second-order valence-electron chi connectivity index (χ2n) is 7.07. The number of amides is 1. The van der Waals surface area contributed by atoms with E-state index in [0.29, 0.717) is 5.88 Å². The quantitative estimate of drug-likeness (QED) is 0.762. The van der Waals surface area contributed by atoms with Crippen LogP contribution in [0, 0.1) is 6.92 Å². The predicted octanol–water partition coefficient (Wildman–Crippen LogP) is 4.04. The molecule has 0 radical (unpaired) electrons. The van der Waals surface area contributed by atoms with E-state index in [-0.39, 0.29) is 11.9 Å². The fourth-order valence-electron chi connectivity index (χ4n) is 3.53. The molecule has 1 atom stereocenters. The summed E-state index contributed by atoms with van der Waals surface area (Å²) >= 11 is 0. The highest BCUT2D eigenvalue weighted by Gasteiger charge is 2.26. The van der Waals surface area contributed by atoms with Crippen molar-refractivity contribution >= 4 is 11.8 Å². The minimum Gasteiger partial charge on any atom is -0.338 e. The van der Waals surface area contributed by atoms with Gasteiger partial charge in [0.05, 0.1) is 11.7 Å². The normalized spacial score (nSPS) is 15.2. The second-order valence-corrected chi connectivity index (χ2v) is 7.07. The monoisotopic (exact) mass is 361 g/mol. The molecule has 0 saturated heterocycles. The Hall–Kier alpha value is -2.92. The molecule has 2 heterocycles. The summed E-state index contributed by atoms with van der Waals surface area (Å²) in [5.74, 6) is 0.321. The first-order chi connectivity index (χ1) is 13.1. The second kappa shape index (κ2) is 7.37. The molecule has 0 saturated carbocycles. The molecule has 5 heteroatoms. The molecule has 0 bridgehead atoms. The predicted molar refractivity (Wildman–Crippen MR) is 105 cm³/mol. The molecule has 4 rings (SSSR count). The van der Waals surface area contributed by atoms with Crippen molar-refractivity contribution < 1.29 is 9.32 Å². The maximum Gasteiger partial charge on any atom is 0.243 e. The number of nitrogens with one attached hydrogen (secondary N) is 1. The van der Waals surface area contributed by atoms with Gasteiger partial charge in [-0.2, -0.15) is 0 Å². The van der Waals surface area contributed by atoms with Crippen molar-refractivity contribution in [3.05, 3.63) is 71.4 Å². The van der Waals surface area contributed by atoms with Crippen LogP contribution in [0.3, 0.4) is 0 Å². The SMILES string of the molecule is Cc1cc(NC(=O)C(C)N2CCc3ccc(-c4ccccc4)cc3C2)on1. The molecule has 0 spiro atoms. The number of hydrogen-bond donors (Lipinski definition) is 1. The standard InChI is InChI=1S/C22H23N3O2/c1-15-12-21(27-24-15)23-22(26)16(2)25-11-10-18-8-9-19(13-20(18)14-25)17-6-4-3-5-7-17/h3-9,12-13,16H,10-11,14H2,1-2H3,(H,23,26). The number of hydrogen-bond acceptors (Lipinski definition) is 4. The van der Waals surface area contributed by atoms with Crippen molar-refractivity contribution in [1.29, 1.82) is 0 Å². The van der Waals surface area contributed by atoms with E-state index in [1.807, 2.05) is 19.9 Å². The van der Waals surface area contributed by atoms with Crippen LogP contribution in [0.4, 0.5) is 5.88 Å². The summed E-state index contributed by atoms with van der Waals surface area (Å²) in [7, 11) is 0. The van der Waals surface area contributed by atoms with Crippen LogP contribution in [0.1, 0.15) is 23.7 Å². The number of rotatable bonds is 4.